The summed E-state index contributed by atoms with van der Waals surface area (Å²) in [4.78, 5) is 65.1. The van der Waals surface area contributed by atoms with Crippen LogP contribution >= 0.6 is 34.3 Å². The van der Waals surface area contributed by atoms with Crippen LogP contribution in [0.25, 0.3) is 10.4 Å². The van der Waals surface area contributed by atoms with Crippen molar-refractivity contribution in [3.63, 3.8) is 0 Å². The Balaban J connectivity index is 0.000000290. The number of primary amides is 1. The highest BCUT2D eigenvalue weighted by molar-refractivity contribution is 7.17. The normalized spacial score (nSPS) is 15.8. The van der Waals surface area contributed by atoms with Gasteiger partial charge in [-0.15, -0.1) is 41.8 Å². The minimum atomic E-state index is -0.781. The van der Waals surface area contributed by atoms with Crippen LogP contribution in [0.2, 0.25) is 5.02 Å². The van der Waals surface area contributed by atoms with Gasteiger partial charge in [0, 0.05) is 34.1 Å². The molecule has 0 radical (unpaired) electrons. The number of amides is 4. The van der Waals surface area contributed by atoms with E-state index in [0.29, 0.717) is 30.2 Å². The van der Waals surface area contributed by atoms with Gasteiger partial charge < -0.3 is 26.0 Å². The van der Waals surface area contributed by atoms with Gasteiger partial charge in [0.1, 0.15) is 48.0 Å². The van der Waals surface area contributed by atoms with Crippen LogP contribution in [0.15, 0.2) is 72.2 Å². The van der Waals surface area contributed by atoms with E-state index in [9.17, 15) is 19.2 Å². The van der Waals surface area contributed by atoms with Gasteiger partial charge in [-0.3, -0.25) is 39.9 Å². The topological polar surface area (TPSA) is 207 Å². The maximum atomic E-state index is 13.5. The molecule has 3 atom stereocenters. The molecule has 1 fully saturated rings. The summed E-state index contributed by atoms with van der Waals surface area (Å²) in [6.07, 6.45) is 1.23. The first-order valence-corrected chi connectivity index (χ1v) is 23.4. The number of aliphatic imine (C=N–C) groups is 1. The smallest absolute Gasteiger partial charge is 0.246 e. The number of ether oxygens (including phenoxy) is 1. The Morgan fingerprint density at radius 3 is 2.29 bits per heavy atom. The number of thiazole rings is 1. The number of amidine groups is 2. The number of fused-ring (bicyclic) bond motifs is 1. The van der Waals surface area contributed by atoms with Gasteiger partial charge in [-0.25, -0.2) is 4.98 Å². The zero-order chi connectivity index (χ0) is 48.9. The second kappa shape index (κ2) is 24.0. The summed E-state index contributed by atoms with van der Waals surface area (Å²) in [6, 6.07) is 13.3. The van der Waals surface area contributed by atoms with Crippen molar-refractivity contribution < 1.29 is 23.9 Å². The van der Waals surface area contributed by atoms with Gasteiger partial charge in [-0.1, -0.05) is 74.7 Å². The SMILES string of the molecule is C=C.CC#CCOCC(=O)NC(C(=O)N1CCCC1C(=O)NCc1ccc(-c2scnc2C)cc1)C(C)(C)C.CC(=N)N1C(=N)[C@H](CC(N)=O)N=C(c2ccc(Cl)cc2)c2c1sc(C)c2C. The number of aryl methyl sites for hydroxylation is 2. The molecule has 2 aromatic heterocycles. The fourth-order valence-corrected chi connectivity index (χ4v) is 9.49. The lowest BCUT2D eigenvalue weighted by molar-refractivity contribution is -0.144. The fourth-order valence-electron chi connectivity index (χ4n) is 7.32. The van der Waals surface area contributed by atoms with E-state index in [1.54, 1.807) is 47.1 Å². The third-order valence-electron chi connectivity index (χ3n) is 10.8. The summed E-state index contributed by atoms with van der Waals surface area (Å²) in [5, 5.41) is 24.0. The Bertz CT molecular complexity index is 2500. The largest absolute Gasteiger partial charge is 0.370 e. The van der Waals surface area contributed by atoms with Crippen molar-refractivity contribution in [2.45, 2.75) is 99.3 Å². The molecule has 0 aliphatic carbocycles. The van der Waals surface area contributed by atoms with Gasteiger partial charge in [0.15, 0.2) is 0 Å². The summed E-state index contributed by atoms with van der Waals surface area (Å²) >= 11 is 9.15. The van der Waals surface area contributed by atoms with Gasteiger partial charge in [0.2, 0.25) is 23.6 Å². The molecule has 350 valence electrons. The number of hydrogen-bond acceptors (Lipinski definition) is 11. The molecule has 14 nitrogen and oxygen atoms in total. The number of nitrogens with zero attached hydrogens (tertiary/aromatic N) is 4. The van der Waals surface area contributed by atoms with Crippen LogP contribution in [0, 0.1) is 48.8 Å². The maximum absolute atomic E-state index is 13.5. The molecule has 4 amide bonds. The summed E-state index contributed by atoms with van der Waals surface area (Å²) < 4.78 is 5.24. The number of carbonyl (C=O) groups excluding carboxylic acids is 4. The van der Waals surface area contributed by atoms with E-state index in [4.69, 9.17) is 37.9 Å². The monoisotopic (exact) mass is 953 g/mol. The summed E-state index contributed by atoms with van der Waals surface area (Å²) in [7, 11) is 0. The molecule has 2 unspecified atom stereocenters. The fraction of sp³-hybridized carbons (Fsp3) is 0.388. The predicted molar refractivity (Wildman–Crippen MR) is 268 cm³/mol. The highest BCUT2D eigenvalue weighted by Crippen LogP contribution is 2.40. The Hall–Kier alpha value is -5.99. The van der Waals surface area contributed by atoms with Crippen LogP contribution in [0.5, 0.6) is 0 Å². The van der Waals surface area contributed by atoms with E-state index in [1.807, 2.05) is 83.5 Å². The Morgan fingerprint density at radius 1 is 1.06 bits per heavy atom. The number of benzene rings is 2. The average molecular weight is 955 g/mol. The van der Waals surface area contributed by atoms with E-state index in [2.05, 4.69) is 40.6 Å². The molecular weight excluding hydrogens is 894 g/mol. The quantitative estimate of drug-likeness (QED) is 0.0311. The van der Waals surface area contributed by atoms with Crippen LogP contribution in [0.4, 0.5) is 5.00 Å². The van der Waals surface area contributed by atoms with Crippen molar-refractivity contribution in [2.75, 3.05) is 24.7 Å². The third kappa shape index (κ3) is 13.3. The van der Waals surface area contributed by atoms with Crippen LogP contribution < -0.4 is 21.3 Å². The van der Waals surface area contributed by atoms with Crippen molar-refractivity contribution in [3.8, 4) is 22.3 Å². The average Bonchev–Trinajstić information content (AvgIpc) is 4.00. The first kappa shape index (κ1) is 52.6. The predicted octanol–water partition coefficient (Wildman–Crippen LogP) is 7.99. The van der Waals surface area contributed by atoms with E-state index in [-0.39, 0.29) is 49.0 Å². The molecule has 0 saturated carbocycles. The molecule has 0 bridgehead atoms. The van der Waals surface area contributed by atoms with Crippen molar-refractivity contribution in [1.82, 2.24) is 20.5 Å². The first-order chi connectivity index (χ1) is 31.3. The lowest BCUT2D eigenvalue weighted by atomic mass is 9.85. The van der Waals surface area contributed by atoms with E-state index >= 15 is 0 Å². The molecule has 2 aromatic carbocycles. The number of carbonyl (C=O) groups is 4. The third-order valence-corrected chi connectivity index (χ3v) is 13.2. The standard InChI is InChI=1S/C28H36N4O4S.C19H20ClN5OS.C2H4/c1-6-7-15-36-17-23(33)31-25(28(3,4)5)27(35)32-14-8-9-22(32)26(34)29-16-20-10-12-21(13-11-20)24-19(2)30-18-37-24;1-9-10(2)27-19-16(9)17(12-4-6-13(20)7-5-12)24-14(8-15(22)26)18(23)25(19)11(3)21;1-2/h10-13,18,22,25H,8-9,14-17H2,1-5H3,(H,29,34)(H,31,33);4-7,14,21,23H,8H2,1-3H3,(H2,22,26);1-2H2/t;14-;/m.0./s1. The molecule has 17 heteroatoms. The van der Waals surface area contributed by atoms with Crippen molar-refractivity contribution in [3.05, 3.63) is 105 Å². The van der Waals surface area contributed by atoms with E-state index in [0.717, 1.165) is 54.7 Å². The van der Waals surface area contributed by atoms with Crippen molar-refractivity contribution in [1.29, 1.82) is 10.8 Å². The van der Waals surface area contributed by atoms with Crippen LogP contribution in [-0.2, 0) is 30.5 Å². The Kier molecular flexibility index (Phi) is 19.1. The second-order valence-corrected chi connectivity index (χ2v) is 19.1. The molecule has 6 N–H and O–H groups in total. The number of thiophene rings is 1. The summed E-state index contributed by atoms with van der Waals surface area (Å²) in [5.74, 6) is 4.35. The second-order valence-electron chi connectivity index (χ2n) is 16.6. The van der Waals surface area contributed by atoms with Crippen LogP contribution in [-0.4, -0.2) is 88.8 Å². The van der Waals surface area contributed by atoms with Gasteiger partial charge >= 0.3 is 0 Å². The van der Waals surface area contributed by atoms with E-state index < -0.39 is 29.4 Å². The summed E-state index contributed by atoms with van der Waals surface area (Å²) in [6.45, 7) is 21.8. The minimum absolute atomic E-state index is 0.0766. The van der Waals surface area contributed by atoms with Crippen molar-refractivity contribution >= 4 is 80.3 Å². The number of halogens is 1. The van der Waals surface area contributed by atoms with Crippen LogP contribution in [0.3, 0.4) is 0 Å². The Morgan fingerprint density at radius 2 is 1.71 bits per heavy atom. The van der Waals surface area contributed by atoms with Gasteiger partial charge in [-0.05, 0) is 81.7 Å². The highest BCUT2D eigenvalue weighted by atomic mass is 35.5. The van der Waals surface area contributed by atoms with Gasteiger partial charge in [-0.2, -0.15) is 0 Å². The van der Waals surface area contributed by atoms with Gasteiger partial charge in [0.05, 0.1) is 28.2 Å². The number of nitrogens with two attached hydrogens (primary N) is 1. The molecule has 4 aromatic rings. The molecule has 1 saturated heterocycles. The van der Waals surface area contributed by atoms with Crippen LogP contribution in [0.1, 0.15) is 86.7 Å². The lowest BCUT2D eigenvalue weighted by Gasteiger charge is -2.35. The minimum Gasteiger partial charge on any atom is -0.370 e. The first-order valence-electron chi connectivity index (χ1n) is 21.3. The number of anilines is 1. The molecular formula is C49H60ClN9O5S2. The zero-order valence-corrected chi connectivity index (χ0v) is 41.3. The number of rotatable bonds is 12. The molecule has 4 heterocycles. The molecule has 66 heavy (non-hydrogen) atoms. The van der Waals surface area contributed by atoms with E-state index in [1.165, 1.54) is 11.3 Å². The number of hydrogen-bond donors (Lipinski definition) is 5. The lowest BCUT2D eigenvalue weighted by Crippen LogP contribution is -2.58. The highest BCUT2D eigenvalue weighted by Gasteiger charge is 2.42. The molecule has 6 rings (SSSR count). The number of likely N-dealkylation sites (tertiary alicyclic amines) is 1. The van der Waals surface area contributed by atoms with Crippen molar-refractivity contribution in [2.24, 2.45) is 16.1 Å². The summed E-state index contributed by atoms with van der Waals surface area (Å²) in [5.41, 5.74) is 13.2. The molecule has 2 aliphatic heterocycles. The maximum Gasteiger partial charge on any atom is 0.246 e. The molecule has 2 aliphatic rings. The number of nitrogens with one attached hydrogen (secondary N) is 4. The number of aromatic nitrogens is 1. The van der Waals surface area contributed by atoms with Gasteiger partial charge in [0.25, 0.3) is 0 Å². The Labute approximate surface area is 401 Å². The zero-order valence-electron chi connectivity index (χ0n) is 38.9. The molecule has 0 spiro atoms.